The minimum absolute atomic E-state index is 0.429. The molecule has 3 unspecified atom stereocenters. The molecule has 0 radical (unpaired) electrons. The van der Waals surface area contributed by atoms with Crippen molar-refractivity contribution >= 4 is 11.6 Å². The summed E-state index contributed by atoms with van der Waals surface area (Å²) in [5.41, 5.74) is 0. The maximum atomic E-state index is 6.15. The van der Waals surface area contributed by atoms with E-state index in [2.05, 4.69) is 4.90 Å². The van der Waals surface area contributed by atoms with Crippen molar-refractivity contribution in [2.45, 2.75) is 31.1 Å². The van der Waals surface area contributed by atoms with Gasteiger partial charge in [-0.2, -0.15) is 0 Å². The van der Waals surface area contributed by atoms with Gasteiger partial charge in [0.05, 0.1) is 0 Å². The van der Waals surface area contributed by atoms with E-state index < -0.39 is 0 Å². The molecule has 2 fully saturated rings. The van der Waals surface area contributed by atoms with Crippen molar-refractivity contribution in [2.24, 2.45) is 5.92 Å². The van der Waals surface area contributed by atoms with Crippen molar-refractivity contribution in [1.82, 2.24) is 4.90 Å². The first-order valence-corrected chi connectivity index (χ1v) is 5.14. The third-order valence-electron chi connectivity index (χ3n) is 2.95. The molecule has 0 N–H and O–H groups in total. The summed E-state index contributed by atoms with van der Waals surface area (Å²) in [5.74, 6) is 0.965. The van der Waals surface area contributed by atoms with Gasteiger partial charge in [0.2, 0.25) is 0 Å². The molecule has 2 rings (SSSR count). The molecule has 2 bridgehead atoms. The minimum Gasteiger partial charge on any atom is -0.302 e. The Morgan fingerprint density at radius 2 is 2.00 bits per heavy atom. The van der Waals surface area contributed by atoms with Crippen LogP contribution >= 0.6 is 11.6 Å². The first-order valence-electron chi connectivity index (χ1n) is 4.71. The van der Waals surface area contributed by atoms with Crippen LogP contribution in [0.4, 0.5) is 0 Å². The largest absolute Gasteiger partial charge is 0.302 e. The number of alkyl halides is 1. The fraction of sp³-hybridized carbons (Fsp3) is 1.00. The molecule has 1 nitrogen and oxygen atoms in total. The lowest BCUT2D eigenvalue weighted by Gasteiger charge is -2.29. The summed E-state index contributed by atoms with van der Waals surface area (Å²) >= 11 is 6.15. The highest BCUT2D eigenvalue weighted by Gasteiger charge is 2.25. The standard InChI is InChI=1S/C9H16ClN/c10-9-4-3-8-2-1-5-11(6-8)7-9/h8-9H,1-7H2. The summed E-state index contributed by atoms with van der Waals surface area (Å²) in [4.78, 5) is 2.54. The molecule has 11 heavy (non-hydrogen) atoms. The van der Waals surface area contributed by atoms with Gasteiger partial charge in [-0.1, -0.05) is 0 Å². The maximum absolute atomic E-state index is 6.15. The van der Waals surface area contributed by atoms with Gasteiger partial charge in [-0.05, 0) is 38.1 Å². The molecule has 0 aromatic heterocycles. The molecule has 0 spiro atoms. The second-order valence-corrected chi connectivity index (χ2v) is 4.56. The lowest BCUT2D eigenvalue weighted by atomic mass is 9.95. The number of piperidine rings is 1. The van der Waals surface area contributed by atoms with Crippen LogP contribution in [-0.2, 0) is 0 Å². The fourth-order valence-corrected chi connectivity index (χ4v) is 2.66. The molecule has 0 amide bonds. The first kappa shape index (κ1) is 7.88. The lowest BCUT2D eigenvalue weighted by molar-refractivity contribution is 0.192. The van der Waals surface area contributed by atoms with Crippen LogP contribution in [0.2, 0.25) is 0 Å². The van der Waals surface area contributed by atoms with Gasteiger partial charge < -0.3 is 4.90 Å². The molecule has 0 aliphatic carbocycles. The number of hydrogen-bond acceptors (Lipinski definition) is 1. The van der Waals surface area contributed by atoms with E-state index in [1.54, 1.807) is 0 Å². The molecule has 2 heteroatoms. The summed E-state index contributed by atoms with van der Waals surface area (Å²) in [6.45, 7) is 3.75. The molecule has 2 aliphatic rings. The van der Waals surface area contributed by atoms with E-state index in [9.17, 15) is 0 Å². The molecular formula is C9H16ClN. The minimum atomic E-state index is 0.429. The van der Waals surface area contributed by atoms with Gasteiger partial charge in [0.15, 0.2) is 0 Å². The predicted octanol–water partition coefficient (Wildman–Crippen LogP) is 2.10. The molecule has 64 valence electrons. The molecule has 2 saturated heterocycles. The van der Waals surface area contributed by atoms with Crippen LogP contribution in [-0.4, -0.2) is 29.9 Å². The highest BCUT2D eigenvalue weighted by atomic mass is 35.5. The smallest absolute Gasteiger partial charge is 0.0463 e. The molecule has 2 heterocycles. The highest BCUT2D eigenvalue weighted by molar-refractivity contribution is 6.20. The Hall–Kier alpha value is 0.250. The van der Waals surface area contributed by atoms with Gasteiger partial charge in [-0.3, -0.25) is 0 Å². The van der Waals surface area contributed by atoms with E-state index in [0.717, 1.165) is 12.5 Å². The van der Waals surface area contributed by atoms with Gasteiger partial charge in [0.1, 0.15) is 0 Å². The van der Waals surface area contributed by atoms with Gasteiger partial charge in [-0.25, -0.2) is 0 Å². The van der Waals surface area contributed by atoms with Gasteiger partial charge in [0, 0.05) is 18.5 Å². The van der Waals surface area contributed by atoms with Gasteiger partial charge >= 0.3 is 0 Å². The van der Waals surface area contributed by atoms with E-state index >= 15 is 0 Å². The fourth-order valence-electron chi connectivity index (χ4n) is 2.34. The van der Waals surface area contributed by atoms with E-state index in [0.29, 0.717) is 5.38 Å². The third kappa shape index (κ3) is 1.88. The molecule has 0 aromatic rings. The van der Waals surface area contributed by atoms with Crippen LogP contribution in [0.25, 0.3) is 0 Å². The second-order valence-electron chi connectivity index (χ2n) is 3.94. The Kier molecular flexibility index (Phi) is 2.38. The number of hydrogen-bond donors (Lipinski definition) is 0. The van der Waals surface area contributed by atoms with Crippen LogP contribution in [0.15, 0.2) is 0 Å². The Balaban J connectivity index is 1.98. The van der Waals surface area contributed by atoms with Crippen molar-refractivity contribution in [3.05, 3.63) is 0 Å². The Bertz CT molecular complexity index is 136. The first-order chi connectivity index (χ1) is 5.34. The molecule has 0 aromatic carbocycles. The van der Waals surface area contributed by atoms with Crippen molar-refractivity contribution in [1.29, 1.82) is 0 Å². The predicted molar refractivity (Wildman–Crippen MR) is 48.0 cm³/mol. The summed E-state index contributed by atoms with van der Waals surface area (Å²) in [6, 6.07) is 0. The average Bonchev–Trinajstić information content (AvgIpc) is 2.12. The molecule has 2 aliphatic heterocycles. The zero-order valence-electron chi connectivity index (χ0n) is 6.93. The Morgan fingerprint density at radius 1 is 1.09 bits per heavy atom. The SMILES string of the molecule is ClC1CCC2CCCN(C1)C2. The zero-order valence-corrected chi connectivity index (χ0v) is 7.69. The Labute approximate surface area is 73.7 Å². The van der Waals surface area contributed by atoms with Crippen LogP contribution < -0.4 is 0 Å². The van der Waals surface area contributed by atoms with Crippen LogP contribution in [0.5, 0.6) is 0 Å². The quantitative estimate of drug-likeness (QED) is 0.508. The molecule has 0 saturated carbocycles. The average molecular weight is 174 g/mol. The summed E-state index contributed by atoms with van der Waals surface area (Å²) < 4.78 is 0. The summed E-state index contributed by atoms with van der Waals surface area (Å²) in [7, 11) is 0. The van der Waals surface area contributed by atoms with Crippen molar-refractivity contribution in [2.75, 3.05) is 19.6 Å². The van der Waals surface area contributed by atoms with Crippen molar-refractivity contribution < 1.29 is 0 Å². The van der Waals surface area contributed by atoms with Crippen LogP contribution in [0.3, 0.4) is 0 Å². The third-order valence-corrected chi connectivity index (χ3v) is 3.30. The van der Waals surface area contributed by atoms with Gasteiger partial charge in [-0.15, -0.1) is 11.6 Å². The highest BCUT2D eigenvalue weighted by Crippen LogP contribution is 2.27. The second kappa shape index (κ2) is 3.32. The topological polar surface area (TPSA) is 3.24 Å². The number of rotatable bonds is 0. The molecular weight excluding hydrogens is 158 g/mol. The number of fused-ring (bicyclic) bond motifs is 2. The Morgan fingerprint density at radius 3 is 2.91 bits per heavy atom. The van der Waals surface area contributed by atoms with Crippen LogP contribution in [0.1, 0.15) is 25.7 Å². The van der Waals surface area contributed by atoms with E-state index in [1.807, 2.05) is 0 Å². The summed E-state index contributed by atoms with van der Waals surface area (Å²) in [5, 5.41) is 0.429. The van der Waals surface area contributed by atoms with E-state index in [-0.39, 0.29) is 0 Å². The normalized spacial score (nSPS) is 45.0. The lowest BCUT2D eigenvalue weighted by Crippen LogP contribution is -2.35. The van der Waals surface area contributed by atoms with E-state index in [1.165, 1.54) is 38.8 Å². The van der Waals surface area contributed by atoms with Crippen LogP contribution in [0, 0.1) is 5.92 Å². The molecule has 3 atom stereocenters. The van der Waals surface area contributed by atoms with Crippen molar-refractivity contribution in [3.63, 3.8) is 0 Å². The van der Waals surface area contributed by atoms with Gasteiger partial charge in [0.25, 0.3) is 0 Å². The number of halogens is 1. The van der Waals surface area contributed by atoms with Crippen molar-refractivity contribution in [3.8, 4) is 0 Å². The maximum Gasteiger partial charge on any atom is 0.0463 e. The number of nitrogens with zero attached hydrogens (tertiary/aromatic N) is 1. The zero-order chi connectivity index (χ0) is 7.68. The monoisotopic (exact) mass is 173 g/mol. The van der Waals surface area contributed by atoms with E-state index in [4.69, 9.17) is 11.6 Å². The summed E-state index contributed by atoms with van der Waals surface area (Å²) in [6.07, 6.45) is 5.45.